The normalized spacial score (nSPS) is 10.4. The Morgan fingerprint density at radius 3 is 2.32 bits per heavy atom. The van der Waals surface area contributed by atoms with Gasteiger partial charge in [0.1, 0.15) is 11.4 Å². The third-order valence-electron chi connectivity index (χ3n) is 2.64. The summed E-state index contributed by atoms with van der Waals surface area (Å²) in [4.78, 5) is 23.0. The molecule has 0 radical (unpaired) electrons. The molecule has 2 aromatic rings. The minimum atomic E-state index is -1.36. The highest BCUT2D eigenvalue weighted by Crippen LogP contribution is 2.11. The summed E-state index contributed by atoms with van der Waals surface area (Å²) in [5.74, 6) is -1.83. The summed E-state index contributed by atoms with van der Waals surface area (Å²) in [5.41, 5.74) is -0.674. The molecule has 2 rings (SSSR count). The molecule has 0 saturated carbocycles. The smallest absolute Gasteiger partial charge is 0.341 e. The van der Waals surface area contributed by atoms with Crippen molar-refractivity contribution in [2.24, 2.45) is 0 Å². The predicted molar refractivity (Wildman–Crippen MR) is 64.9 cm³/mol. The monoisotopic (exact) mass is 263 g/mol. The van der Waals surface area contributed by atoms with Crippen LogP contribution in [0.15, 0.2) is 41.2 Å². The van der Waals surface area contributed by atoms with Crippen LogP contribution in [0, 0.1) is 5.82 Å². The number of aliphatic hydroxyl groups is 1. The molecule has 0 fully saturated rings. The summed E-state index contributed by atoms with van der Waals surface area (Å²) in [5, 5.41) is 18.1. The molecule has 1 aromatic heterocycles. The van der Waals surface area contributed by atoms with Crippen molar-refractivity contribution in [1.29, 1.82) is 0 Å². The van der Waals surface area contributed by atoms with E-state index in [4.69, 9.17) is 5.11 Å². The zero-order chi connectivity index (χ0) is 14.0. The van der Waals surface area contributed by atoms with E-state index in [9.17, 15) is 19.1 Å². The van der Waals surface area contributed by atoms with Crippen molar-refractivity contribution in [2.75, 3.05) is 0 Å². The van der Waals surface area contributed by atoms with Gasteiger partial charge < -0.3 is 10.2 Å². The van der Waals surface area contributed by atoms with Gasteiger partial charge in [-0.25, -0.2) is 9.18 Å². The molecule has 6 heteroatoms. The van der Waals surface area contributed by atoms with Crippen LogP contribution in [0.4, 0.5) is 4.39 Å². The Morgan fingerprint density at radius 2 is 1.79 bits per heavy atom. The third kappa shape index (κ3) is 2.38. The van der Waals surface area contributed by atoms with Crippen molar-refractivity contribution in [1.82, 2.24) is 4.57 Å². The fourth-order valence-corrected chi connectivity index (χ4v) is 1.74. The van der Waals surface area contributed by atoms with E-state index in [1.165, 1.54) is 18.2 Å². The number of pyridine rings is 1. The molecule has 0 amide bonds. The number of rotatable bonds is 3. The van der Waals surface area contributed by atoms with Gasteiger partial charge in [-0.15, -0.1) is 0 Å². The fraction of sp³-hybridized carbons (Fsp3) is 0.0769. The molecule has 0 spiro atoms. The van der Waals surface area contributed by atoms with Gasteiger partial charge in [-0.2, -0.15) is 0 Å². The molecule has 0 aliphatic heterocycles. The van der Waals surface area contributed by atoms with Crippen LogP contribution in [0.5, 0.6) is 0 Å². The van der Waals surface area contributed by atoms with Gasteiger partial charge in [0.2, 0.25) is 0 Å². The molecule has 19 heavy (non-hydrogen) atoms. The van der Waals surface area contributed by atoms with Crippen LogP contribution in [-0.2, 0) is 6.61 Å². The molecule has 5 nitrogen and oxygen atoms in total. The van der Waals surface area contributed by atoms with E-state index < -0.39 is 29.5 Å². The Balaban J connectivity index is 2.73. The maximum absolute atomic E-state index is 12.9. The second kappa shape index (κ2) is 5.03. The van der Waals surface area contributed by atoms with Crippen LogP contribution in [-0.4, -0.2) is 20.7 Å². The Morgan fingerprint density at radius 1 is 1.16 bits per heavy atom. The van der Waals surface area contributed by atoms with Crippen molar-refractivity contribution in [2.45, 2.75) is 6.61 Å². The first-order chi connectivity index (χ1) is 9.04. The summed E-state index contributed by atoms with van der Waals surface area (Å²) in [6.07, 6.45) is 0. The molecular weight excluding hydrogens is 253 g/mol. The second-order valence-electron chi connectivity index (χ2n) is 3.82. The highest BCUT2D eigenvalue weighted by Gasteiger charge is 2.14. The van der Waals surface area contributed by atoms with E-state index in [1.807, 2.05) is 0 Å². The molecule has 0 aliphatic carbocycles. The van der Waals surface area contributed by atoms with Crippen LogP contribution in [0.25, 0.3) is 5.69 Å². The van der Waals surface area contributed by atoms with Gasteiger partial charge in [-0.05, 0) is 36.4 Å². The average Bonchev–Trinajstić information content (AvgIpc) is 2.39. The number of aliphatic hydroxyl groups excluding tert-OH is 1. The molecule has 0 bridgehead atoms. The van der Waals surface area contributed by atoms with Gasteiger partial charge in [0.15, 0.2) is 0 Å². The van der Waals surface area contributed by atoms with Gasteiger partial charge in [0.25, 0.3) is 5.56 Å². The number of halogens is 1. The molecule has 0 atom stereocenters. The van der Waals surface area contributed by atoms with Crippen LogP contribution in [0.3, 0.4) is 0 Å². The number of carboxylic acid groups (broad SMARTS) is 1. The Kier molecular flexibility index (Phi) is 3.43. The van der Waals surface area contributed by atoms with E-state index in [1.54, 1.807) is 0 Å². The van der Waals surface area contributed by atoms with E-state index in [2.05, 4.69) is 0 Å². The maximum atomic E-state index is 12.9. The van der Waals surface area contributed by atoms with Gasteiger partial charge in [0.05, 0.1) is 12.3 Å². The van der Waals surface area contributed by atoms with Crippen molar-refractivity contribution >= 4 is 5.97 Å². The molecule has 0 saturated heterocycles. The van der Waals surface area contributed by atoms with Gasteiger partial charge >= 0.3 is 5.97 Å². The van der Waals surface area contributed by atoms with Crippen molar-refractivity contribution in [3.8, 4) is 5.69 Å². The van der Waals surface area contributed by atoms with Crippen LogP contribution in [0.1, 0.15) is 16.1 Å². The number of aromatic nitrogens is 1. The molecule has 0 aliphatic rings. The molecule has 98 valence electrons. The lowest BCUT2D eigenvalue weighted by Gasteiger charge is -2.12. The minimum Gasteiger partial charge on any atom is -0.477 e. The zero-order valence-corrected chi connectivity index (χ0v) is 9.71. The lowest BCUT2D eigenvalue weighted by Crippen LogP contribution is -2.27. The first kappa shape index (κ1) is 13.0. The van der Waals surface area contributed by atoms with E-state index in [0.29, 0.717) is 5.69 Å². The number of hydrogen-bond acceptors (Lipinski definition) is 3. The van der Waals surface area contributed by atoms with Crippen LogP contribution < -0.4 is 5.56 Å². The number of aromatic carboxylic acids is 1. The quantitative estimate of drug-likeness (QED) is 0.871. The SMILES string of the molecule is O=C(O)c1ccc(CO)n(-c2ccc(F)cc2)c1=O. The Hall–Kier alpha value is -2.47. The lowest BCUT2D eigenvalue weighted by atomic mass is 10.2. The van der Waals surface area contributed by atoms with E-state index in [-0.39, 0.29) is 5.69 Å². The lowest BCUT2D eigenvalue weighted by molar-refractivity contribution is 0.0694. The summed E-state index contributed by atoms with van der Waals surface area (Å²) < 4.78 is 13.9. The number of benzene rings is 1. The van der Waals surface area contributed by atoms with E-state index in [0.717, 1.165) is 22.8 Å². The summed E-state index contributed by atoms with van der Waals surface area (Å²) in [6, 6.07) is 7.44. The number of hydrogen-bond donors (Lipinski definition) is 2. The van der Waals surface area contributed by atoms with Crippen molar-refractivity contribution in [3.63, 3.8) is 0 Å². The summed E-state index contributed by atoms with van der Waals surface area (Å²) >= 11 is 0. The minimum absolute atomic E-state index is 0.224. The molecule has 2 N–H and O–H groups in total. The summed E-state index contributed by atoms with van der Waals surface area (Å²) in [6.45, 7) is -0.438. The topological polar surface area (TPSA) is 79.5 Å². The highest BCUT2D eigenvalue weighted by atomic mass is 19.1. The van der Waals surface area contributed by atoms with Crippen LogP contribution >= 0.6 is 0 Å². The average molecular weight is 263 g/mol. The molecular formula is C13H10FNO4. The molecule has 1 heterocycles. The van der Waals surface area contributed by atoms with Crippen molar-refractivity contribution in [3.05, 3.63) is 63.8 Å². The first-order valence-electron chi connectivity index (χ1n) is 5.39. The standard InChI is InChI=1S/C13H10FNO4/c14-8-1-3-9(4-2-8)15-10(7-16)5-6-11(12(15)17)13(18)19/h1-6,16H,7H2,(H,18,19). The third-order valence-corrected chi connectivity index (χ3v) is 2.64. The first-order valence-corrected chi connectivity index (χ1v) is 5.39. The number of nitrogens with zero attached hydrogens (tertiary/aromatic N) is 1. The Bertz CT molecular complexity index is 676. The van der Waals surface area contributed by atoms with E-state index >= 15 is 0 Å². The number of carbonyl (C=O) groups is 1. The maximum Gasteiger partial charge on any atom is 0.341 e. The van der Waals surface area contributed by atoms with Gasteiger partial charge in [-0.3, -0.25) is 9.36 Å². The van der Waals surface area contributed by atoms with Crippen molar-refractivity contribution < 1.29 is 19.4 Å². The molecule has 0 unspecified atom stereocenters. The largest absolute Gasteiger partial charge is 0.477 e. The highest BCUT2D eigenvalue weighted by molar-refractivity contribution is 5.87. The predicted octanol–water partition coefficient (Wildman–Crippen LogP) is 1.17. The zero-order valence-electron chi connectivity index (χ0n) is 9.71. The summed E-state index contributed by atoms with van der Waals surface area (Å²) in [7, 11) is 0. The Labute approximate surface area is 107 Å². The molecule has 1 aromatic carbocycles. The fourth-order valence-electron chi connectivity index (χ4n) is 1.74. The van der Waals surface area contributed by atoms with Crippen LogP contribution in [0.2, 0.25) is 0 Å². The number of carboxylic acids is 1. The van der Waals surface area contributed by atoms with Gasteiger partial charge in [0, 0.05) is 5.69 Å². The second-order valence-corrected chi connectivity index (χ2v) is 3.82. The van der Waals surface area contributed by atoms with Gasteiger partial charge in [-0.1, -0.05) is 0 Å².